The molecule has 0 bridgehead atoms. The van der Waals surface area contributed by atoms with Gasteiger partial charge in [0.25, 0.3) is 0 Å². The minimum absolute atomic E-state index is 0.339. The van der Waals surface area contributed by atoms with E-state index in [9.17, 15) is 4.79 Å². The van der Waals surface area contributed by atoms with Gasteiger partial charge in [-0.3, -0.25) is 0 Å². The van der Waals surface area contributed by atoms with E-state index in [1.54, 1.807) is 6.08 Å². The van der Waals surface area contributed by atoms with Crippen LogP contribution in [-0.4, -0.2) is 26.3 Å². The highest BCUT2D eigenvalue weighted by molar-refractivity contribution is 5.86. The number of hydrogen-bond acceptors (Lipinski definition) is 4. The molecule has 0 atom stereocenters. The number of carbonyl (C=O) groups excluding carboxylic acids is 1. The Morgan fingerprint density at radius 1 is 1.16 bits per heavy atom. The van der Waals surface area contributed by atoms with Gasteiger partial charge in [0.15, 0.2) is 6.29 Å². The fourth-order valence-electron chi connectivity index (χ4n) is 1.54. The first-order chi connectivity index (χ1) is 9.21. The van der Waals surface area contributed by atoms with Crippen LogP contribution < -0.4 is 0 Å². The SMILES string of the molecule is CCOC(OCC)c1ccc(/C=C/C(=O)OC)cc1. The second kappa shape index (κ2) is 8.45. The van der Waals surface area contributed by atoms with Crippen molar-refractivity contribution < 1.29 is 19.0 Å². The molecule has 0 aromatic heterocycles. The van der Waals surface area contributed by atoms with Gasteiger partial charge >= 0.3 is 5.97 Å². The zero-order valence-electron chi connectivity index (χ0n) is 11.6. The van der Waals surface area contributed by atoms with Crippen LogP contribution in [0.4, 0.5) is 0 Å². The summed E-state index contributed by atoms with van der Waals surface area (Å²) in [7, 11) is 1.35. The Bertz CT molecular complexity index is 403. The molecule has 0 radical (unpaired) electrons. The minimum Gasteiger partial charge on any atom is -0.466 e. The summed E-state index contributed by atoms with van der Waals surface area (Å²) in [5, 5.41) is 0. The fraction of sp³-hybridized carbons (Fsp3) is 0.400. The van der Waals surface area contributed by atoms with Crippen molar-refractivity contribution in [3.63, 3.8) is 0 Å². The quantitative estimate of drug-likeness (QED) is 0.431. The molecular formula is C15H20O4. The number of hydrogen-bond donors (Lipinski definition) is 0. The molecule has 104 valence electrons. The van der Waals surface area contributed by atoms with E-state index >= 15 is 0 Å². The Hall–Kier alpha value is -1.65. The zero-order chi connectivity index (χ0) is 14.1. The Morgan fingerprint density at radius 2 is 1.74 bits per heavy atom. The van der Waals surface area contributed by atoms with Gasteiger partial charge in [0, 0.05) is 24.9 Å². The molecule has 0 unspecified atom stereocenters. The van der Waals surface area contributed by atoms with Crippen molar-refractivity contribution in [1.29, 1.82) is 0 Å². The largest absolute Gasteiger partial charge is 0.466 e. The van der Waals surface area contributed by atoms with Gasteiger partial charge in [-0.1, -0.05) is 24.3 Å². The molecule has 0 fully saturated rings. The molecule has 0 spiro atoms. The number of benzene rings is 1. The van der Waals surface area contributed by atoms with E-state index in [1.165, 1.54) is 13.2 Å². The van der Waals surface area contributed by atoms with E-state index in [1.807, 2.05) is 38.1 Å². The summed E-state index contributed by atoms with van der Waals surface area (Å²) in [6.07, 6.45) is 2.75. The number of methoxy groups -OCH3 is 1. The summed E-state index contributed by atoms with van der Waals surface area (Å²) in [6.45, 7) is 5.04. The third kappa shape index (κ3) is 5.24. The molecule has 4 heteroatoms. The molecule has 0 N–H and O–H groups in total. The van der Waals surface area contributed by atoms with Crippen molar-refractivity contribution in [3.05, 3.63) is 41.5 Å². The molecule has 0 aliphatic heterocycles. The van der Waals surface area contributed by atoms with Gasteiger partial charge < -0.3 is 14.2 Å². The lowest BCUT2D eigenvalue weighted by Gasteiger charge is -2.17. The Labute approximate surface area is 114 Å². The van der Waals surface area contributed by atoms with Gasteiger partial charge in [-0.15, -0.1) is 0 Å². The minimum atomic E-state index is -0.370. The van der Waals surface area contributed by atoms with Gasteiger partial charge in [0.05, 0.1) is 7.11 Å². The molecule has 0 amide bonds. The summed E-state index contributed by atoms with van der Waals surface area (Å²) in [5.74, 6) is -0.370. The molecule has 1 aromatic carbocycles. The smallest absolute Gasteiger partial charge is 0.330 e. The fourth-order valence-corrected chi connectivity index (χ4v) is 1.54. The van der Waals surface area contributed by atoms with Gasteiger partial charge in [-0.05, 0) is 25.5 Å². The Morgan fingerprint density at radius 3 is 2.21 bits per heavy atom. The van der Waals surface area contributed by atoms with Crippen LogP contribution in [0.2, 0.25) is 0 Å². The molecule has 1 aromatic rings. The van der Waals surface area contributed by atoms with E-state index in [2.05, 4.69) is 4.74 Å². The van der Waals surface area contributed by atoms with E-state index < -0.39 is 0 Å². The van der Waals surface area contributed by atoms with Crippen molar-refractivity contribution in [2.75, 3.05) is 20.3 Å². The summed E-state index contributed by atoms with van der Waals surface area (Å²) in [6, 6.07) is 7.65. The number of esters is 1. The van der Waals surface area contributed by atoms with Crippen LogP contribution in [0.1, 0.15) is 31.3 Å². The highest BCUT2D eigenvalue weighted by atomic mass is 16.7. The summed E-state index contributed by atoms with van der Waals surface area (Å²) in [4.78, 5) is 11.0. The first-order valence-corrected chi connectivity index (χ1v) is 6.30. The topological polar surface area (TPSA) is 44.8 Å². The molecule has 0 aliphatic rings. The lowest BCUT2D eigenvalue weighted by molar-refractivity contribution is -0.140. The Balaban J connectivity index is 2.73. The van der Waals surface area contributed by atoms with Gasteiger partial charge in [0.2, 0.25) is 0 Å². The van der Waals surface area contributed by atoms with E-state index in [-0.39, 0.29) is 12.3 Å². The second-order valence-electron chi connectivity index (χ2n) is 3.77. The van der Waals surface area contributed by atoms with Crippen LogP contribution in [0.15, 0.2) is 30.3 Å². The van der Waals surface area contributed by atoms with E-state index in [0.717, 1.165) is 11.1 Å². The van der Waals surface area contributed by atoms with Crippen molar-refractivity contribution >= 4 is 12.0 Å². The maximum Gasteiger partial charge on any atom is 0.330 e. The summed E-state index contributed by atoms with van der Waals surface area (Å²) < 4.78 is 15.6. The molecule has 4 nitrogen and oxygen atoms in total. The van der Waals surface area contributed by atoms with Crippen molar-refractivity contribution in [1.82, 2.24) is 0 Å². The normalized spacial score (nSPS) is 11.2. The third-order valence-electron chi connectivity index (χ3n) is 2.46. The molecule has 19 heavy (non-hydrogen) atoms. The van der Waals surface area contributed by atoms with Crippen LogP contribution in [0.5, 0.6) is 0 Å². The van der Waals surface area contributed by atoms with Gasteiger partial charge in [-0.25, -0.2) is 4.79 Å². The van der Waals surface area contributed by atoms with E-state index in [0.29, 0.717) is 13.2 Å². The predicted octanol–water partition coefficient (Wildman–Crippen LogP) is 2.94. The highest BCUT2D eigenvalue weighted by Crippen LogP contribution is 2.19. The molecular weight excluding hydrogens is 244 g/mol. The summed E-state index contributed by atoms with van der Waals surface area (Å²) in [5.41, 5.74) is 1.87. The first-order valence-electron chi connectivity index (χ1n) is 6.30. The zero-order valence-corrected chi connectivity index (χ0v) is 11.6. The number of rotatable bonds is 7. The number of carbonyl (C=O) groups is 1. The predicted molar refractivity (Wildman–Crippen MR) is 73.5 cm³/mol. The van der Waals surface area contributed by atoms with Crippen LogP contribution in [0.3, 0.4) is 0 Å². The van der Waals surface area contributed by atoms with Crippen molar-refractivity contribution in [2.24, 2.45) is 0 Å². The average molecular weight is 264 g/mol. The first kappa shape index (κ1) is 15.4. The lowest BCUT2D eigenvalue weighted by Crippen LogP contribution is -2.08. The lowest BCUT2D eigenvalue weighted by atomic mass is 10.1. The van der Waals surface area contributed by atoms with Crippen LogP contribution >= 0.6 is 0 Å². The monoisotopic (exact) mass is 264 g/mol. The Kier molecular flexibility index (Phi) is 6.85. The van der Waals surface area contributed by atoms with E-state index in [4.69, 9.17) is 9.47 Å². The molecule has 0 aliphatic carbocycles. The van der Waals surface area contributed by atoms with Gasteiger partial charge in [0.1, 0.15) is 0 Å². The summed E-state index contributed by atoms with van der Waals surface area (Å²) >= 11 is 0. The second-order valence-corrected chi connectivity index (χ2v) is 3.77. The molecule has 1 rings (SSSR count). The maximum absolute atomic E-state index is 11.0. The standard InChI is InChI=1S/C15H20O4/c1-4-18-15(19-5-2)13-9-6-12(7-10-13)8-11-14(16)17-3/h6-11,15H,4-5H2,1-3H3/b11-8+. The van der Waals surface area contributed by atoms with Crippen LogP contribution in [-0.2, 0) is 19.0 Å². The van der Waals surface area contributed by atoms with Crippen LogP contribution in [0, 0.1) is 0 Å². The molecule has 0 saturated heterocycles. The van der Waals surface area contributed by atoms with Crippen molar-refractivity contribution in [3.8, 4) is 0 Å². The van der Waals surface area contributed by atoms with Gasteiger partial charge in [-0.2, -0.15) is 0 Å². The third-order valence-corrected chi connectivity index (χ3v) is 2.46. The highest BCUT2D eigenvalue weighted by Gasteiger charge is 2.10. The molecule has 0 heterocycles. The maximum atomic E-state index is 11.0. The molecule has 0 saturated carbocycles. The number of ether oxygens (including phenoxy) is 3. The average Bonchev–Trinajstić information content (AvgIpc) is 2.45. The van der Waals surface area contributed by atoms with Crippen molar-refractivity contribution in [2.45, 2.75) is 20.1 Å². The van der Waals surface area contributed by atoms with Crippen LogP contribution in [0.25, 0.3) is 6.08 Å².